The van der Waals surface area contributed by atoms with Gasteiger partial charge in [0.15, 0.2) is 0 Å². The molecule has 2 heteroatoms. The van der Waals surface area contributed by atoms with E-state index in [0.717, 1.165) is 16.9 Å². The Hall–Kier alpha value is -1.80. The summed E-state index contributed by atoms with van der Waals surface area (Å²) in [7, 11) is 0. The lowest BCUT2D eigenvalue weighted by molar-refractivity contribution is 0.301. The van der Waals surface area contributed by atoms with Crippen LogP contribution < -0.4 is 10.5 Å². The van der Waals surface area contributed by atoms with Gasteiger partial charge in [0.25, 0.3) is 0 Å². The molecular formula is C18H23NO. The minimum atomic E-state index is -0.0283. The summed E-state index contributed by atoms with van der Waals surface area (Å²) in [6.07, 6.45) is 0. The van der Waals surface area contributed by atoms with E-state index >= 15 is 0 Å². The molecule has 2 rings (SSSR count). The molecule has 0 saturated heterocycles. The molecule has 2 aromatic rings. The van der Waals surface area contributed by atoms with E-state index in [2.05, 4.69) is 38.1 Å². The number of benzene rings is 2. The highest BCUT2D eigenvalue weighted by Gasteiger charge is 2.11. The van der Waals surface area contributed by atoms with Gasteiger partial charge in [0, 0.05) is 11.6 Å². The monoisotopic (exact) mass is 269 g/mol. The molecular weight excluding hydrogens is 246 g/mol. The fourth-order valence-corrected chi connectivity index (χ4v) is 2.15. The average Bonchev–Trinajstić information content (AvgIpc) is 2.45. The first-order chi connectivity index (χ1) is 9.58. The van der Waals surface area contributed by atoms with Crippen LogP contribution in [0.3, 0.4) is 0 Å². The number of ether oxygens (including phenoxy) is 1. The van der Waals surface area contributed by atoms with E-state index in [0.29, 0.717) is 12.5 Å². The Morgan fingerprint density at radius 1 is 1.00 bits per heavy atom. The summed E-state index contributed by atoms with van der Waals surface area (Å²) in [5.41, 5.74) is 9.61. The zero-order valence-corrected chi connectivity index (χ0v) is 12.5. The lowest BCUT2D eigenvalue weighted by atomic mass is 9.97. The smallest absolute Gasteiger partial charge is 0.124 e. The van der Waals surface area contributed by atoms with Crippen molar-refractivity contribution in [2.24, 2.45) is 5.73 Å². The molecule has 0 aliphatic carbocycles. The SMILES string of the molecule is CC(C)c1ccc(OCc2ccccc2)c(C(C)N)c1. The second kappa shape index (κ2) is 6.58. The van der Waals surface area contributed by atoms with E-state index in [9.17, 15) is 0 Å². The van der Waals surface area contributed by atoms with Crippen LogP contribution in [0.25, 0.3) is 0 Å². The summed E-state index contributed by atoms with van der Waals surface area (Å²) in [6.45, 7) is 6.94. The van der Waals surface area contributed by atoms with E-state index in [1.807, 2.05) is 31.2 Å². The third kappa shape index (κ3) is 3.61. The maximum atomic E-state index is 6.07. The van der Waals surface area contributed by atoms with Gasteiger partial charge in [-0.2, -0.15) is 0 Å². The van der Waals surface area contributed by atoms with Gasteiger partial charge in [0.1, 0.15) is 12.4 Å². The third-order valence-corrected chi connectivity index (χ3v) is 3.43. The molecule has 0 saturated carbocycles. The Morgan fingerprint density at radius 2 is 1.70 bits per heavy atom. The van der Waals surface area contributed by atoms with E-state index in [1.54, 1.807) is 0 Å². The number of rotatable bonds is 5. The van der Waals surface area contributed by atoms with Crippen LogP contribution in [0.2, 0.25) is 0 Å². The zero-order valence-electron chi connectivity index (χ0n) is 12.5. The largest absolute Gasteiger partial charge is 0.489 e. The van der Waals surface area contributed by atoms with Crippen molar-refractivity contribution in [1.82, 2.24) is 0 Å². The van der Waals surface area contributed by atoms with E-state index in [1.165, 1.54) is 5.56 Å². The number of hydrogen-bond donors (Lipinski definition) is 1. The van der Waals surface area contributed by atoms with Gasteiger partial charge in [-0.1, -0.05) is 56.3 Å². The first-order valence-electron chi connectivity index (χ1n) is 7.14. The summed E-state index contributed by atoms with van der Waals surface area (Å²) >= 11 is 0. The molecule has 0 heterocycles. The van der Waals surface area contributed by atoms with Crippen molar-refractivity contribution in [2.45, 2.75) is 39.3 Å². The van der Waals surface area contributed by atoms with Crippen LogP contribution in [0.1, 0.15) is 49.4 Å². The molecule has 0 radical (unpaired) electrons. The van der Waals surface area contributed by atoms with E-state index in [4.69, 9.17) is 10.5 Å². The zero-order chi connectivity index (χ0) is 14.5. The van der Waals surface area contributed by atoms with Gasteiger partial charge >= 0.3 is 0 Å². The molecule has 0 aromatic heterocycles. The van der Waals surface area contributed by atoms with Crippen molar-refractivity contribution in [3.63, 3.8) is 0 Å². The standard InChI is InChI=1S/C18H23NO/c1-13(2)16-9-10-18(17(11-16)14(3)19)20-12-15-7-5-4-6-8-15/h4-11,13-14H,12,19H2,1-3H3. The van der Waals surface area contributed by atoms with E-state index in [-0.39, 0.29) is 6.04 Å². The summed E-state index contributed by atoms with van der Waals surface area (Å²) in [6, 6.07) is 16.5. The fourth-order valence-electron chi connectivity index (χ4n) is 2.15. The molecule has 1 atom stereocenters. The summed E-state index contributed by atoms with van der Waals surface area (Å²) < 4.78 is 5.94. The van der Waals surface area contributed by atoms with Crippen LogP contribution in [0.4, 0.5) is 0 Å². The lowest BCUT2D eigenvalue weighted by Crippen LogP contribution is -2.09. The van der Waals surface area contributed by atoms with Gasteiger partial charge in [0.05, 0.1) is 0 Å². The van der Waals surface area contributed by atoms with Gasteiger partial charge in [-0.15, -0.1) is 0 Å². The Morgan fingerprint density at radius 3 is 2.30 bits per heavy atom. The van der Waals surface area contributed by atoms with Gasteiger partial charge in [0.2, 0.25) is 0 Å². The van der Waals surface area contributed by atoms with Gasteiger partial charge in [-0.05, 0) is 30.0 Å². The van der Waals surface area contributed by atoms with Crippen molar-refractivity contribution < 1.29 is 4.74 Å². The van der Waals surface area contributed by atoms with Crippen molar-refractivity contribution in [3.05, 3.63) is 65.2 Å². The van der Waals surface area contributed by atoms with Crippen molar-refractivity contribution in [2.75, 3.05) is 0 Å². The number of nitrogens with two attached hydrogens (primary N) is 1. The van der Waals surface area contributed by atoms with Gasteiger partial charge < -0.3 is 10.5 Å². The highest BCUT2D eigenvalue weighted by atomic mass is 16.5. The van der Waals surface area contributed by atoms with Crippen molar-refractivity contribution >= 4 is 0 Å². The summed E-state index contributed by atoms with van der Waals surface area (Å²) in [5.74, 6) is 1.38. The van der Waals surface area contributed by atoms with E-state index < -0.39 is 0 Å². The molecule has 2 N–H and O–H groups in total. The Balaban J connectivity index is 2.18. The van der Waals surface area contributed by atoms with Crippen LogP contribution >= 0.6 is 0 Å². The molecule has 2 nitrogen and oxygen atoms in total. The van der Waals surface area contributed by atoms with Crippen LogP contribution in [-0.4, -0.2) is 0 Å². The normalized spacial score (nSPS) is 12.4. The molecule has 0 amide bonds. The highest BCUT2D eigenvalue weighted by molar-refractivity contribution is 5.40. The molecule has 0 aliphatic rings. The summed E-state index contributed by atoms with van der Waals surface area (Å²) in [4.78, 5) is 0. The van der Waals surface area contributed by atoms with Crippen LogP contribution in [0.15, 0.2) is 48.5 Å². The molecule has 0 spiro atoms. The molecule has 0 bridgehead atoms. The van der Waals surface area contributed by atoms with Crippen LogP contribution in [-0.2, 0) is 6.61 Å². The Bertz CT molecular complexity index is 547. The fraction of sp³-hybridized carbons (Fsp3) is 0.333. The molecule has 0 aliphatic heterocycles. The van der Waals surface area contributed by atoms with Gasteiger partial charge in [-0.3, -0.25) is 0 Å². The van der Waals surface area contributed by atoms with Gasteiger partial charge in [-0.25, -0.2) is 0 Å². The first kappa shape index (κ1) is 14.6. The molecule has 2 aromatic carbocycles. The number of hydrogen-bond acceptors (Lipinski definition) is 2. The van der Waals surface area contributed by atoms with Crippen LogP contribution in [0.5, 0.6) is 5.75 Å². The lowest BCUT2D eigenvalue weighted by Gasteiger charge is -2.17. The predicted octanol–water partition coefficient (Wildman–Crippen LogP) is 4.41. The molecule has 20 heavy (non-hydrogen) atoms. The molecule has 0 fully saturated rings. The van der Waals surface area contributed by atoms with Crippen molar-refractivity contribution in [3.8, 4) is 5.75 Å². The second-order valence-electron chi connectivity index (χ2n) is 5.51. The maximum Gasteiger partial charge on any atom is 0.124 e. The Labute approximate surface area is 121 Å². The minimum absolute atomic E-state index is 0.0283. The topological polar surface area (TPSA) is 35.2 Å². The average molecular weight is 269 g/mol. The summed E-state index contributed by atoms with van der Waals surface area (Å²) in [5, 5.41) is 0. The quantitative estimate of drug-likeness (QED) is 0.872. The molecule has 106 valence electrons. The Kier molecular flexibility index (Phi) is 4.80. The predicted molar refractivity (Wildman–Crippen MR) is 83.9 cm³/mol. The van der Waals surface area contributed by atoms with Crippen molar-refractivity contribution in [1.29, 1.82) is 0 Å². The second-order valence-corrected chi connectivity index (χ2v) is 5.51. The van der Waals surface area contributed by atoms with Crippen LogP contribution in [0, 0.1) is 0 Å². The molecule has 1 unspecified atom stereocenters. The first-order valence-corrected chi connectivity index (χ1v) is 7.14. The minimum Gasteiger partial charge on any atom is -0.489 e. The highest BCUT2D eigenvalue weighted by Crippen LogP contribution is 2.28. The third-order valence-electron chi connectivity index (χ3n) is 3.43. The maximum absolute atomic E-state index is 6.07.